The zero-order valence-corrected chi connectivity index (χ0v) is 8.58. The van der Waals surface area contributed by atoms with Gasteiger partial charge in [-0.15, -0.1) is 0 Å². The van der Waals surface area contributed by atoms with E-state index < -0.39 is 16.1 Å². The van der Waals surface area contributed by atoms with Gasteiger partial charge in [0.25, 0.3) is 0 Å². The molecule has 0 spiro atoms. The van der Waals surface area contributed by atoms with Crippen LogP contribution in [0, 0.1) is 0 Å². The second-order valence-electron chi connectivity index (χ2n) is 2.77. The average molecular weight is 231 g/mol. The Morgan fingerprint density at radius 3 is 2.53 bits per heavy atom. The van der Waals surface area contributed by atoms with Crippen LogP contribution in [0.4, 0.5) is 16.2 Å². The molecule has 1 rings (SSSR count). The topological polar surface area (TPSA) is 108 Å². The molecule has 0 fully saturated rings. The van der Waals surface area contributed by atoms with Crippen LogP contribution in [0.1, 0.15) is 0 Å². The van der Waals surface area contributed by atoms with Gasteiger partial charge in [-0.1, -0.05) is 0 Å². The zero-order valence-electron chi connectivity index (χ0n) is 7.76. The Labute approximate surface area is 86.2 Å². The highest BCUT2D eigenvalue weighted by Gasteiger charge is 2.04. The molecule has 0 unspecified atom stereocenters. The first-order valence-corrected chi connectivity index (χ1v) is 5.69. The third-order valence-electron chi connectivity index (χ3n) is 1.29. The third-order valence-corrected chi connectivity index (χ3v) is 1.90. The van der Waals surface area contributed by atoms with Crippen molar-refractivity contribution in [1.29, 1.82) is 0 Å². The van der Waals surface area contributed by atoms with Gasteiger partial charge in [0, 0.05) is 0 Å². The van der Waals surface area contributed by atoms with Gasteiger partial charge in [0.05, 0.1) is 30.0 Å². The van der Waals surface area contributed by atoms with E-state index in [-0.39, 0.29) is 11.4 Å². The first-order valence-electron chi connectivity index (χ1n) is 3.79. The summed E-state index contributed by atoms with van der Waals surface area (Å²) in [5, 5.41) is 10.5. The van der Waals surface area contributed by atoms with Gasteiger partial charge >= 0.3 is 6.09 Å². The van der Waals surface area contributed by atoms with E-state index in [0.717, 1.165) is 6.26 Å². The molecule has 0 aliphatic rings. The van der Waals surface area contributed by atoms with E-state index in [1.165, 1.54) is 18.5 Å². The van der Waals surface area contributed by atoms with Crippen molar-refractivity contribution in [3.8, 4) is 0 Å². The Balaban J connectivity index is 2.88. The van der Waals surface area contributed by atoms with Crippen molar-refractivity contribution in [3.05, 3.63) is 18.5 Å². The predicted molar refractivity (Wildman–Crippen MR) is 54.4 cm³/mol. The third kappa shape index (κ3) is 4.27. The molecule has 1 aromatic rings. The monoisotopic (exact) mass is 231 g/mol. The fraction of sp³-hybridized carbons (Fsp3) is 0.143. The van der Waals surface area contributed by atoms with Crippen LogP contribution in [0.5, 0.6) is 0 Å². The van der Waals surface area contributed by atoms with Crippen molar-refractivity contribution in [1.82, 2.24) is 4.98 Å². The molecule has 0 atom stereocenters. The molecule has 0 aliphatic carbocycles. The number of nitrogens with zero attached hydrogens (tertiary/aromatic N) is 1. The lowest BCUT2D eigenvalue weighted by Gasteiger charge is -2.05. The number of hydrogen-bond acceptors (Lipinski definition) is 4. The molecule has 7 nitrogen and oxygen atoms in total. The average Bonchev–Trinajstić information content (AvgIpc) is 1.99. The summed E-state index contributed by atoms with van der Waals surface area (Å²) >= 11 is 0. The maximum absolute atomic E-state index is 10.9. The number of rotatable bonds is 3. The van der Waals surface area contributed by atoms with E-state index in [2.05, 4.69) is 15.0 Å². The van der Waals surface area contributed by atoms with Gasteiger partial charge in [-0.3, -0.25) is 15.0 Å². The van der Waals surface area contributed by atoms with Crippen LogP contribution in [0.2, 0.25) is 0 Å². The van der Waals surface area contributed by atoms with Gasteiger partial charge in [0.1, 0.15) is 0 Å². The maximum atomic E-state index is 10.9. The number of pyridine rings is 1. The molecule has 0 saturated carbocycles. The van der Waals surface area contributed by atoms with Crippen molar-refractivity contribution in [2.75, 3.05) is 16.3 Å². The number of carbonyl (C=O) groups is 1. The quantitative estimate of drug-likeness (QED) is 0.703. The van der Waals surface area contributed by atoms with E-state index in [1.807, 2.05) is 0 Å². The van der Waals surface area contributed by atoms with Gasteiger partial charge < -0.3 is 5.11 Å². The summed E-state index contributed by atoms with van der Waals surface area (Å²) in [6, 6.07) is 1.32. The van der Waals surface area contributed by atoms with Crippen molar-refractivity contribution in [2.24, 2.45) is 0 Å². The van der Waals surface area contributed by atoms with Crippen LogP contribution in [0.15, 0.2) is 18.5 Å². The van der Waals surface area contributed by atoms with E-state index >= 15 is 0 Å². The summed E-state index contributed by atoms with van der Waals surface area (Å²) in [4.78, 5) is 14.0. The Bertz CT molecular complexity index is 471. The minimum Gasteiger partial charge on any atom is -0.465 e. The van der Waals surface area contributed by atoms with E-state index in [9.17, 15) is 13.2 Å². The molecular weight excluding hydrogens is 222 g/mol. The second kappa shape index (κ2) is 4.13. The molecule has 3 N–H and O–H groups in total. The molecule has 1 amide bonds. The standard InChI is InChI=1S/C7H9N3O4S/c1-15(13,14)10-6-2-5(3-8-4-6)9-7(11)12/h2-4,9-10H,1H3,(H,11,12). The van der Waals surface area contributed by atoms with E-state index in [1.54, 1.807) is 0 Å². The highest BCUT2D eigenvalue weighted by Crippen LogP contribution is 2.13. The Morgan fingerprint density at radius 2 is 2.00 bits per heavy atom. The smallest absolute Gasteiger partial charge is 0.409 e. The molecular formula is C7H9N3O4S. The van der Waals surface area contributed by atoms with Crippen molar-refractivity contribution >= 4 is 27.5 Å². The minimum absolute atomic E-state index is 0.191. The summed E-state index contributed by atoms with van der Waals surface area (Å²) < 4.78 is 23.9. The molecule has 1 aromatic heterocycles. The summed E-state index contributed by atoms with van der Waals surface area (Å²) in [7, 11) is -3.39. The first kappa shape index (κ1) is 11.2. The van der Waals surface area contributed by atoms with Crippen molar-refractivity contribution in [2.45, 2.75) is 0 Å². The molecule has 0 aliphatic heterocycles. The summed E-state index contributed by atoms with van der Waals surface area (Å²) in [5.41, 5.74) is 0.389. The largest absolute Gasteiger partial charge is 0.465 e. The number of carboxylic acid groups (broad SMARTS) is 1. The SMILES string of the molecule is CS(=O)(=O)Nc1cncc(NC(=O)O)c1. The summed E-state index contributed by atoms with van der Waals surface area (Å²) in [5.74, 6) is 0. The van der Waals surface area contributed by atoms with E-state index in [4.69, 9.17) is 5.11 Å². The Kier molecular flexibility index (Phi) is 3.10. The van der Waals surface area contributed by atoms with Gasteiger partial charge in [-0.25, -0.2) is 13.2 Å². The molecule has 8 heteroatoms. The molecule has 15 heavy (non-hydrogen) atoms. The first-order chi connectivity index (χ1) is 6.87. The van der Waals surface area contributed by atoms with Crippen LogP contribution in [-0.4, -0.2) is 30.9 Å². The Hall–Kier alpha value is -1.83. The predicted octanol–water partition coefficient (Wildman–Crippen LogP) is 0.543. The molecule has 82 valence electrons. The van der Waals surface area contributed by atoms with Gasteiger partial charge in [0.15, 0.2) is 0 Å². The fourth-order valence-corrected chi connectivity index (χ4v) is 1.44. The number of aromatic nitrogens is 1. The normalized spacial score (nSPS) is 10.7. The lowest BCUT2D eigenvalue weighted by Crippen LogP contribution is -2.11. The van der Waals surface area contributed by atoms with Crippen LogP contribution in [0.3, 0.4) is 0 Å². The number of hydrogen-bond donors (Lipinski definition) is 3. The lowest BCUT2D eigenvalue weighted by molar-refractivity contribution is 0.209. The molecule has 0 radical (unpaired) electrons. The van der Waals surface area contributed by atoms with E-state index in [0.29, 0.717) is 0 Å². The summed E-state index contributed by atoms with van der Waals surface area (Å²) in [6.07, 6.45) is 2.29. The number of nitrogens with one attached hydrogen (secondary N) is 2. The van der Waals surface area contributed by atoms with Crippen molar-refractivity contribution in [3.63, 3.8) is 0 Å². The van der Waals surface area contributed by atoms with Gasteiger partial charge in [-0.2, -0.15) is 0 Å². The molecule has 0 bridgehead atoms. The zero-order chi connectivity index (χ0) is 11.5. The maximum Gasteiger partial charge on any atom is 0.409 e. The van der Waals surface area contributed by atoms with Crippen LogP contribution in [-0.2, 0) is 10.0 Å². The highest BCUT2D eigenvalue weighted by molar-refractivity contribution is 7.92. The lowest BCUT2D eigenvalue weighted by atomic mass is 10.4. The van der Waals surface area contributed by atoms with Crippen molar-refractivity contribution < 1.29 is 18.3 Å². The van der Waals surface area contributed by atoms with Crippen LogP contribution >= 0.6 is 0 Å². The second-order valence-corrected chi connectivity index (χ2v) is 4.52. The molecule has 0 aromatic carbocycles. The summed E-state index contributed by atoms with van der Waals surface area (Å²) in [6.45, 7) is 0. The number of amides is 1. The van der Waals surface area contributed by atoms with Crippen LogP contribution < -0.4 is 10.0 Å². The highest BCUT2D eigenvalue weighted by atomic mass is 32.2. The minimum atomic E-state index is -3.39. The number of anilines is 2. The van der Waals surface area contributed by atoms with Gasteiger partial charge in [0.2, 0.25) is 10.0 Å². The van der Waals surface area contributed by atoms with Gasteiger partial charge in [-0.05, 0) is 6.07 Å². The molecule has 0 saturated heterocycles. The fourth-order valence-electron chi connectivity index (χ4n) is 0.902. The van der Waals surface area contributed by atoms with Crippen LogP contribution in [0.25, 0.3) is 0 Å². The molecule has 1 heterocycles. The number of sulfonamides is 1. The Morgan fingerprint density at radius 1 is 1.40 bits per heavy atom.